The fraction of sp³-hybridized carbons (Fsp3) is 0.176. The monoisotopic (exact) mass is 260 g/mol. The maximum absolute atomic E-state index is 8.79. The fourth-order valence-corrected chi connectivity index (χ4v) is 2.37. The lowest BCUT2D eigenvalue weighted by Gasteiger charge is -2.03. The highest BCUT2D eigenvalue weighted by Crippen LogP contribution is 2.15. The maximum atomic E-state index is 8.79. The summed E-state index contributed by atoms with van der Waals surface area (Å²) in [4.78, 5) is 4.64. The van der Waals surface area contributed by atoms with E-state index >= 15 is 0 Å². The number of aryl methyl sites for hydroxylation is 3. The number of hydrogen-bond donors (Lipinski definition) is 0. The van der Waals surface area contributed by atoms with Gasteiger partial charge in [-0.25, -0.2) is 4.98 Å². The first-order valence-corrected chi connectivity index (χ1v) is 6.58. The predicted octanol–water partition coefficient (Wildman–Crippen LogP) is 3.03. The smallest absolute Gasteiger partial charge is 0.109 e. The molecule has 97 valence electrons. The van der Waals surface area contributed by atoms with E-state index in [1.54, 1.807) is 0 Å². The van der Waals surface area contributed by atoms with Gasteiger partial charge in [0, 0.05) is 13.5 Å². The summed E-state index contributed by atoms with van der Waals surface area (Å²) in [6, 6.07) is 18.8. The molecule has 3 rings (SSSR count). The highest BCUT2D eigenvalue weighted by atomic mass is 15.1. The Kier molecular flexibility index (Phi) is 3.22. The number of aromatic nitrogens is 2. The minimum atomic E-state index is 0.701. The summed E-state index contributed by atoms with van der Waals surface area (Å²) >= 11 is 0. The van der Waals surface area contributed by atoms with Gasteiger partial charge in [-0.05, 0) is 42.3 Å². The van der Waals surface area contributed by atoms with Crippen molar-refractivity contribution in [2.75, 3.05) is 0 Å². The second kappa shape index (κ2) is 5.18. The SMILES string of the molecule is Cn1c(CCc2ccc(C#N)cc2)nc2c[c]ccc21. The number of nitriles is 1. The molecule has 0 aliphatic carbocycles. The molecule has 0 unspecified atom stereocenters. The molecular weight excluding hydrogens is 246 g/mol. The molecule has 1 aromatic heterocycles. The molecule has 0 atom stereocenters. The number of fused-ring (bicyclic) bond motifs is 1. The van der Waals surface area contributed by atoms with E-state index < -0.39 is 0 Å². The van der Waals surface area contributed by atoms with Gasteiger partial charge >= 0.3 is 0 Å². The first-order valence-electron chi connectivity index (χ1n) is 6.58. The van der Waals surface area contributed by atoms with E-state index in [2.05, 4.69) is 21.7 Å². The largest absolute Gasteiger partial charge is 0.331 e. The summed E-state index contributed by atoms with van der Waals surface area (Å²) in [5.41, 5.74) is 4.05. The number of benzene rings is 2. The normalized spacial score (nSPS) is 10.6. The lowest BCUT2D eigenvalue weighted by molar-refractivity contribution is 0.787. The van der Waals surface area contributed by atoms with E-state index in [1.807, 2.05) is 49.5 Å². The molecule has 0 spiro atoms. The van der Waals surface area contributed by atoms with E-state index in [4.69, 9.17) is 5.26 Å². The summed E-state index contributed by atoms with van der Waals surface area (Å²) in [7, 11) is 2.05. The molecule has 0 fully saturated rings. The van der Waals surface area contributed by atoms with Gasteiger partial charge in [0.2, 0.25) is 0 Å². The quantitative estimate of drug-likeness (QED) is 0.726. The highest BCUT2D eigenvalue weighted by molar-refractivity contribution is 5.75. The van der Waals surface area contributed by atoms with Crippen molar-refractivity contribution < 1.29 is 0 Å². The van der Waals surface area contributed by atoms with Gasteiger partial charge in [0.05, 0.1) is 22.7 Å². The van der Waals surface area contributed by atoms with Crippen molar-refractivity contribution >= 4 is 11.0 Å². The van der Waals surface area contributed by atoms with Crippen molar-refractivity contribution in [2.45, 2.75) is 12.8 Å². The number of imidazole rings is 1. The van der Waals surface area contributed by atoms with Crippen molar-refractivity contribution in [1.82, 2.24) is 9.55 Å². The van der Waals surface area contributed by atoms with Crippen LogP contribution in [0.1, 0.15) is 17.0 Å². The summed E-state index contributed by atoms with van der Waals surface area (Å²) in [5.74, 6) is 1.07. The lowest BCUT2D eigenvalue weighted by Crippen LogP contribution is -2.00. The maximum Gasteiger partial charge on any atom is 0.109 e. The van der Waals surface area contributed by atoms with Crippen molar-refractivity contribution in [1.29, 1.82) is 5.26 Å². The van der Waals surface area contributed by atoms with Crippen molar-refractivity contribution in [3.8, 4) is 6.07 Å². The Balaban J connectivity index is 1.79. The molecule has 0 saturated heterocycles. The average molecular weight is 260 g/mol. The van der Waals surface area contributed by atoms with E-state index in [0.717, 1.165) is 29.7 Å². The van der Waals surface area contributed by atoms with Crippen LogP contribution in [0.5, 0.6) is 0 Å². The van der Waals surface area contributed by atoms with Gasteiger partial charge in [-0.2, -0.15) is 5.26 Å². The van der Waals surface area contributed by atoms with E-state index in [0.29, 0.717) is 5.56 Å². The Morgan fingerprint density at radius 2 is 2.00 bits per heavy atom. The Morgan fingerprint density at radius 3 is 2.70 bits per heavy atom. The molecular formula is C17H14N3. The van der Waals surface area contributed by atoms with Crippen LogP contribution in [0.4, 0.5) is 0 Å². The fourth-order valence-electron chi connectivity index (χ4n) is 2.37. The lowest BCUT2D eigenvalue weighted by atomic mass is 10.1. The molecule has 1 heterocycles. The molecule has 0 N–H and O–H groups in total. The summed E-state index contributed by atoms with van der Waals surface area (Å²) in [6.45, 7) is 0. The molecule has 3 nitrogen and oxygen atoms in total. The number of hydrogen-bond acceptors (Lipinski definition) is 2. The van der Waals surface area contributed by atoms with Gasteiger partial charge in [0.15, 0.2) is 0 Å². The van der Waals surface area contributed by atoms with Gasteiger partial charge in [0.25, 0.3) is 0 Å². The second-order valence-corrected chi connectivity index (χ2v) is 4.81. The van der Waals surface area contributed by atoms with Crippen LogP contribution in [0.3, 0.4) is 0 Å². The molecule has 0 aliphatic heterocycles. The first-order chi connectivity index (χ1) is 9.78. The zero-order chi connectivity index (χ0) is 13.9. The predicted molar refractivity (Wildman–Crippen MR) is 78.1 cm³/mol. The molecule has 0 saturated carbocycles. The van der Waals surface area contributed by atoms with Gasteiger partial charge in [0.1, 0.15) is 5.82 Å². The van der Waals surface area contributed by atoms with Crippen LogP contribution < -0.4 is 0 Å². The second-order valence-electron chi connectivity index (χ2n) is 4.81. The van der Waals surface area contributed by atoms with Crippen LogP contribution in [-0.4, -0.2) is 9.55 Å². The average Bonchev–Trinajstić information content (AvgIpc) is 2.83. The molecule has 1 radical (unpaired) electrons. The number of rotatable bonds is 3. The molecule has 0 bridgehead atoms. The molecule has 0 aliphatic rings. The van der Waals surface area contributed by atoms with Crippen LogP contribution in [0, 0.1) is 17.4 Å². The van der Waals surface area contributed by atoms with Crippen molar-refractivity contribution in [3.63, 3.8) is 0 Å². The third-order valence-electron chi connectivity index (χ3n) is 3.54. The van der Waals surface area contributed by atoms with Gasteiger partial charge < -0.3 is 4.57 Å². The topological polar surface area (TPSA) is 41.6 Å². The van der Waals surface area contributed by atoms with E-state index in [-0.39, 0.29) is 0 Å². The third kappa shape index (κ3) is 2.28. The molecule has 20 heavy (non-hydrogen) atoms. The Labute approximate surface area is 118 Å². The standard InChI is InChI=1S/C17H14N3/c1-20-16-5-3-2-4-15(16)19-17(20)11-10-13-6-8-14(12-18)9-7-13/h3-9H,10-11H2,1H3. The first kappa shape index (κ1) is 12.4. The van der Waals surface area contributed by atoms with Crippen LogP contribution >= 0.6 is 0 Å². The van der Waals surface area contributed by atoms with Crippen LogP contribution in [0.15, 0.2) is 42.5 Å². The van der Waals surface area contributed by atoms with Gasteiger partial charge in [-0.1, -0.05) is 18.2 Å². The zero-order valence-electron chi connectivity index (χ0n) is 11.3. The Morgan fingerprint density at radius 1 is 1.20 bits per heavy atom. The van der Waals surface area contributed by atoms with Gasteiger partial charge in [-0.3, -0.25) is 0 Å². The highest BCUT2D eigenvalue weighted by Gasteiger charge is 2.07. The molecule has 0 amide bonds. The van der Waals surface area contributed by atoms with Crippen LogP contribution in [-0.2, 0) is 19.9 Å². The van der Waals surface area contributed by atoms with Gasteiger partial charge in [-0.15, -0.1) is 0 Å². The molecule has 3 heteroatoms. The van der Waals surface area contributed by atoms with Crippen LogP contribution in [0.2, 0.25) is 0 Å². The van der Waals surface area contributed by atoms with Crippen LogP contribution in [0.25, 0.3) is 11.0 Å². The minimum Gasteiger partial charge on any atom is -0.331 e. The van der Waals surface area contributed by atoms with Crippen molar-refractivity contribution in [3.05, 3.63) is 65.5 Å². The molecule has 2 aromatic carbocycles. The molecule has 3 aromatic rings. The Hall–Kier alpha value is -2.60. The van der Waals surface area contributed by atoms with E-state index in [1.165, 1.54) is 5.56 Å². The zero-order valence-corrected chi connectivity index (χ0v) is 11.3. The van der Waals surface area contributed by atoms with E-state index in [9.17, 15) is 0 Å². The minimum absolute atomic E-state index is 0.701. The number of nitrogens with zero attached hydrogens (tertiary/aromatic N) is 3. The summed E-state index contributed by atoms with van der Waals surface area (Å²) in [6.07, 6.45) is 1.81. The summed E-state index contributed by atoms with van der Waals surface area (Å²) < 4.78 is 2.13. The summed E-state index contributed by atoms with van der Waals surface area (Å²) in [5, 5.41) is 8.79. The Bertz CT molecular complexity index is 776. The van der Waals surface area contributed by atoms with Crippen molar-refractivity contribution in [2.24, 2.45) is 7.05 Å². The third-order valence-corrected chi connectivity index (χ3v) is 3.54.